The van der Waals surface area contributed by atoms with Gasteiger partial charge in [0.2, 0.25) is 0 Å². The average molecular weight is 256 g/mol. The summed E-state index contributed by atoms with van der Waals surface area (Å²) < 4.78 is 0. The second-order valence-electron chi connectivity index (χ2n) is 5.63. The summed E-state index contributed by atoms with van der Waals surface area (Å²) >= 11 is 0. The van der Waals surface area contributed by atoms with E-state index in [1.807, 2.05) is 0 Å². The Morgan fingerprint density at radius 1 is 0.833 bits per heavy atom. The third-order valence-corrected chi connectivity index (χ3v) is 4.46. The fourth-order valence-electron chi connectivity index (χ4n) is 2.08. The molecule has 0 aromatic heterocycles. The predicted octanol–water partition coefficient (Wildman–Crippen LogP) is 4.49. The van der Waals surface area contributed by atoms with Gasteiger partial charge in [0.1, 0.15) is 0 Å². The lowest BCUT2D eigenvalue weighted by Gasteiger charge is -2.22. The molecule has 0 spiro atoms. The number of benzene rings is 2. The maximum atomic E-state index is 2.29. The highest BCUT2D eigenvalue weighted by atomic mass is 31.1. The largest absolute Gasteiger partial charge is 0.0856 e. The van der Waals surface area contributed by atoms with E-state index >= 15 is 0 Å². The molecule has 0 bridgehead atoms. The van der Waals surface area contributed by atoms with E-state index in [0.717, 1.165) is 14.7 Å². The first-order valence-electron chi connectivity index (χ1n) is 6.45. The Morgan fingerprint density at radius 2 is 1.44 bits per heavy atom. The van der Waals surface area contributed by atoms with Crippen molar-refractivity contribution < 1.29 is 0 Å². The smallest absolute Gasteiger partial charge is 0.00601 e. The van der Waals surface area contributed by atoms with Crippen LogP contribution in [0.1, 0.15) is 31.9 Å². The van der Waals surface area contributed by atoms with Crippen LogP contribution in [0.4, 0.5) is 0 Å². The van der Waals surface area contributed by atoms with Crippen molar-refractivity contribution in [3.63, 3.8) is 0 Å². The molecule has 0 N–H and O–H groups in total. The number of hydrogen-bond donors (Lipinski definition) is 0. The van der Waals surface area contributed by atoms with Crippen molar-refractivity contribution in [1.82, 2.24) is 0 Å². The highest BCUT2D eigenvalue weighted by Crippen LogP contribution is 2.27. The lowest BCUT2D eigenvalue weighted by atomic mass is 9.87. The number of rotatable bonds is 3. The quantitative estimate of drug-likeness (QED) is 0.710. The van der Waals surface area contributed by atoms with Crippen LogP contribution in [-0.4, -0.2) is 0 Å². The van der Waals surface area contributed by atoms with Gasteiger partial charge in [-0.15, -0.1) is 0 Å². The minimum Gasteiger partial charge on any atom is -0.0856 e. The predicted molar refractivity (Wildman–Crippen MR) is 83.2 cm³/mol. The lowest BCUT2D eigenvalue weighted by molar-refractivity contribution is 0.594. The van der Waals surface area contributed by atoms with E-state index in [2.05, 4.69) is 75.4 Å². The third-order valence-electron chi connectivity index (χ3n) is 3.06. The van der Waals surface area contributed by atoms with Crippen molar-refractivity contribution in [2.75, 3.05) is 0 Å². The standard InChI is InChI=1S/C17H21P/c1-17(2,3)15-11-7-8-12-16(15)18-13-14-9-5-4-6-10-14/h4-12,18H,13H2,1-3H3. The van der Waals surface area contributed by atoms with Gasteiger partial charge in [0.25, 0.3) is 0 Å². The molecule has 1 atom stereocenters. The maximum Gasteiger partial charge on any atom is -0.00601 e. The van der Waals surface area contributed by atoms with Gasteiger partial charge in [0.15, 0.2) is 0 Å². The molecule has 2 aromatic rings. The summed E-state index contributed by atoms with van der Waals surface area (Å²) in [6.45, 7) is 6.87. The highest BCUT2D eigenvalue weighted by molar-refractivity contribution is 7.46. The third kappa shape index (κ3) is 3.43. The molecule has 0 saturated heterocycles. The molecular formula is C17H21P. The molecule has 0 amide bonds. The monoisotopic (exact) mass is 256 g/mol. The van der Waals surface area contributed by atoms with Crippen LogP contribution in [0.3, 0.4) is 0 Å². The first-order chi connectivity index (χ1) is 8.57. The van der Waals surface area contributed by atoms with Crippen molar-refractivity contribution in [1.29, 1.82) is 0 Å². The average Bonchev–Trinajstić information content (AvgIpc) is 2.37. The minimum atomic E-state index is 0.236. The number of hydrogen-bond acceptors (Lipinski definition) is 0. The van der Waals surface area contributed by atoms with Crippen LogP contribution in [-0.2, 0) is 11.6 Å². The van der Waals surface area contributed by atoms with Gasteiger partial charge in [-0.1, -0.05) is 83.9 Å². The normalized spacial score (nSPS) is 12.2. The van der Waals surface area contributed by atoms with Crippen LogP contribution in [0.2, 0.25) is 0 Å². The molecule has 0 saturated carbocycles. The lowest BCUT2D eigenvalue weighted by Crippen LogP contribution is -2.19. The molecule has 18 heavy (non-hydrogen) atoms. The molecule has 0 heterocycles. The van der Waals surface area contributed by atoms with Gasteiger partial charge in [-0.2, -0.15) is 0 Å². The van der Waals surface area contributed by atoms with Crippen LogP contribution < -0.4 is 5.30 Å². The summed E-state index contributed by atoms with van der Waals surface area (Å²) in [7, 11) is 0.854. The summed E-state index contributed by atoms with van der Waals surface area (Å²) in [6, 6.07) is 19.6. The Balaban J connectivity index is 2.15. The SMILES string of the molecule is CC(C)(C)c1ccccc1PCc1ccccc1. The van der Waals surface area contributed by atoms with Crippen LogP contribution in [0, 0.1) is 0 Å². The molecular weight excluding hydrogens is 235 g/mol. The van der Waals surface area contributed by atoms with Gasteiger partial charge in [-0.3, -0.25) is 0 Å². The topological polar surface area (TPSA) is 0 Å². The zero-order valence-corrected chi connectivity index (χ0v) is 12.4. The van der Waals surface area contributed by atoms with E-state index in [9.17, 15) is 0 Å². The van der Waals surface area contributed by atoms with Crippen molar-refractivity contribution in [2.45, 2.75) is 32.3 Å². The molecule has 0 aliphatic rings. The van der Waals surface area contributed by atoms with E-state index in [1.165, 1.54) is 16.4 Å². The van der Waals surface area contributed by atoms with Crippen molar-refractivity contribution in [2.24, 2.45) is 0 Å². The Morgan fingerprint density at radius 3 is 2.11 bits per heavy atom. The second kappa shape index (κ2) is 5.67. The van der Waals surface area contributed by atoms with E-state index < -0.39 is 0 Å². The highest BCUT2D eigenvalue weighted by Gasteiger charge is 2.16. The van der Waals surface area contributed by atoms with Crippen LogP contribution >= 0.6 is 8.58 Å². The molecule has 0 aliphatic carbocycles. The first kappa shape index (κ1) is 13.3. The molecule has 0 nitrogen and oxygen atoms in total. The molecule has 2 aromatic carbocycles. The van der Waals surface area contributed by atoms with E-state index in [4.69, 9.17) is 0 Å². The minimum absolute atomic E-state index is 0.236. The van der Waals surface area contributed by atoms with E-state index in [0.29, 0.717) is 0 Å². The zero-order chi connectivity index (χ0) is 13.0. The van der Waals surface area contributed by atoms with Gasteiger partial charge in [0, 0.05) is 0 Å². The van der Waals surface area contributed by atoms with Crippen molar-refractivity contribution >= 4 is 13.9 Å². The van der Waals surface area contributed by atoms with Gasteiger partial charge < -0.3 is 0 Å². The summed E-state index contributed by atoms with van der Waals surface area (Å²) in [5, 5.41) is 1.51. The zero-order valence-electron chi connectivity index (χ0n) is 11.4. The molecule has 1 heteroatoms. The molecule has 94 valence electrons. The fourth-order valence-corrected chi connectivity index (χ4v) is 3.58. The first-order valence-corrected chi connectivity index (χ1v) is 7.65. The summed E-state index contributed by atoms with van der Waals surface area (Å²) in [5.41, 5.74) is 3.15. The molecule has 0 radical (unpaired) electrons. The summed E-state index contributed by atoms with van der Waals surface area (Å²) in [6.07, 6.45) is 1.15. The molecule has 1 unspecified atom stereocenters. The second-order valence-corrected chi connectivity index (χ2v) is 6.88. The molecule has 0 aliphatic heterocycles. The Labute approximate surface area is 112 Å². The van der Waals surface area contributed by atoms with Gasteiger partial charge in [-0.25, -0.2) is 0 Å². The van der Waals surface area contributed by atoms with E-state index in [-0.39, 0.29) is 5.41 Å². The Kier molecular flexibility index (Phi) is 4.19. The van der Waals surface area contributed by atoms with Crippen LogP contribution in [0.25, 0.3) is 0 Å². The van der Waals surface area contributed by atoms with Crippen molar-refractivity contribution in [3.8, 4) is 0 Å². The molecule has 2 rings (SSSR count). The van der Waals surface area contributed by atoms with Crippen LogP contribution in [0.15, 0.2) is 54.6 Å². The molecule has 0 fully saturated rings. The van der Waals surface area contributed by atoms with Crippen molar-refractivity contribution in [3.05, 3.63) is 65.7 Å². The van der Waals surface area contributed by atoms with Gasteiger partial charge in [-0.05, 0) is 28.0 Å². The van der Waals surface area contributed by atoms with Gasteiger partial charge >= 0.3 is 0 Å². The summed E-state index contributed by atoms with van der Waals surface area (Å²) in [4.78, 5) is 0. The Hall–Kier alpha value is -1.13. The van der Waals surface area contributed by atoms with Gasteiger partial charge in [0.05, 0.1) is 0 Å². The Bertz CT molecular complexity index is 495. The summed E-state index contributed by atoms with van der Waals surface area (Å²) in [5.74, 6) is 0. The fraction of sp³-hybridized carbons (Fsp3) is 0.294. The maximum absolute atomic E-state index is 2.29. The van der Waals surface area contributed by atoms with Crippen LogP contribution in [0.5, 0.6) is 0 Å². The van der Waals surface area contributed by atoms with E-state index in [1.54, 1.807) is 0 Å².